The molecular formula is C54H62Br3N3O10. The second-order valence-electron chi connectivity index (χ2n) is 19.1. The summed E-state index contributed by atoms with van der Waals surface area (Å²) in [5.41, 5.74) is 1.20. The Kier molecular flexibility index (Phi) is 21.6. The van der Waals surface area contributed by atoms with Crippen molar-refractivity contribution >= 4 is 83.6 Å². The third-order valence-electron chi connectivity index (χ3n) is 11.4. The number of aliphatic carboxylic acids is 3. The maximum Gasteiger partial charge on any atom is 0.408 e. The molecule has 0 spiro atoms. The van der Waals surface area contributed by atoms with Gasteiger partial charge in [0.1, 0.15) is 23.7 Å². The minimum atomic E-state index is -1.11. The molecule has 0 aliphatic heterocycles. The Hall–Kier alpha value is -5.84. The van der Waals surface area contributed by atoms with Crippen LogP contribution in [0, 0.1) is 0 Å². The molecule has 0 aliphatic rings. The predicted molar refractivity (Wildman–Crippen MR) is 282 cm³/mol. The van der Waals surface area contributed by atoms with Crippen LogP contribution >= 0.6 is 47.8 Å². The van der Waals surface area contributed by atoms with Gasteiger partial charge in [-0.25, -0.2) is 19.2 Å². The highest BCUT2D eigenvalue weighted by Crippen LogP contribution is 2.31. The van der Waals surface area contributed by atoms with Gasteiger partial charge < -0.3 is 36.0 Å². The number of carboxylic acids is 3. The van der Waals surface area contributed by atoms with Crippen LogP contribution in [0.3, 0.4) is 0 Å². The Morgan fingerprint density at radius 1 is 0.429 bits per heavy atom. The standard InChI is InChI=1S/2C19H20BrNO3.C16H22BrNO4/c2*1-19(2,14-8-10-15(20)11-9-14)17(18(23)24)21-16(22)12-13-6-4-3-5-7-13;1-15(2,3)22-14(21)18-12(13(19)20)16(4,5)10-6-8-11(17)9-7-10/h2*3-11,17H,12H2,1-2H3,(H,21,22)(H,23,24);6-9,12H,1-5H3,(H,18,21)(H,19,20)/t17-;;12-/m0.0/s1. The van der Waals surface area contributed by atoms with Gasteiger partial charge in [0.25, 0.3) is 0 Å². The van der Waals surface area contributed by atoms with Crippen LogP contribution in [0.4, 0.5) is 4.79 Å². The Morgan fingerprint density at radius 3 is 0.929 bits per heavy atom. The quantitative estimate of drug-likeness (QED) is 0.0551. The van der Waals surface area contributed by atoms with Crippen LogP contribution in [0.1, 0.15) is 90.1 Å². The van der Waals surface area contributed by atoms with Crippen molar-refractivity contribution in [3.05, 3.63) is 175 Å². The maximum absolute atomic E-state index is 12.3. The van der Waals surface area contributed by atoms with E-state index >= 15 is 0 Å². The van der Waals surface area contributed by atoms with Crippen LogP contribution in [-0.2, 0) is 57.8 Å². The largest absolute Gasteiger partial charge is 0.480 e. The van der Waals surface area contributed by atoms with Crippen molar-refractivity contribution in [2.24, 2.45) is 0 Å². The van der Waals surface area contributed by atoms with Gasteiger partial charge in [0, 0.05) is 29.7 Å². The average molecular weight is 1150 g/mol. The van der Waals surface area contributed by atoms with Gasteiger partial charge in [-0.05, 0) is 85.0 Å². The summed E-state index contributed by atoms with van der Waals surface area (Å²) in [6.07, 6.45) is -0.438. The highest BCUT2D eigenvalue weighted by atomic mass is 79.9. The van der Waals surface area contributed by atoms with Crippen molar-refractivity contribution in [1.29, 1.82) is 0 Å². The Bertz CT molecular complexity index is 2400. The summed E-state index contributed by atoms with van der Waals surface area (Å²) in [6, 6.07) is 37.6. The molecule has 70 heavy (non-hydrogen) atoms. The van der Waals surface area contributed by atoms with Crippen molar-refractivity contribution in [2.75, 3.05) is 0 Å². The van der Waals surface area contributed by atoms with Gasteiger partial charge in [-0.15, -0.1) is 0 Å². The fourth-order valence-corrected chi connectivity index (χ4v) is 8.00. The summed E-state index contributed by atoms with van der Waals surface area (Å²) < 4.78 is 7.89. The van der Waals surface area contributed by atoms with E-state index in [2.05, 4.69) is 63.7 Å². The van der Waals surface area contributed by atoms with Gasteiger partial charge >= 0.3 is 24.0 Å². The van der Waals surface area contributed by atoms with Crippen molar-refractivity contribution < 1.29 is 48.8 Å². The highest BCUT2D eigenvalue weighted by molar-refractivity contribution is 9.11. The number of ether oxygens (including phenoxy) is 1. The monoisotopic (exact) mass is 1150 g/mol. The first-order chi connectivity index (χ1) is 32.5. The van der Waals surface area contributed by atoms with Crippen molar-refractivity contribution in [3.63, 3.8) is 0 Å². The van der Waals surface area contributed by atoms with E-state index in [9.17, 15) is 44.1 Å². The lowest BCUT2D eigenvalue weighted by Gasteiger charge is -2.33. The molecule has 0 saturated carbocycles. The molecule has 1 unspecified atom stereocenters. The van der Waals surface area contributed by atoms with Gasteiger partial charge in [-0.1, -0.05) is 186 Å². The number of carbonyl (C=O) groups is 6. The van der Waals surface area contributed by atoms with Gasteiger partial charge in [-0.2, -0.15) is 0 Å². The third-order valence-corrected chi connectivity index (χ3v) is 12.9. The lowest BCUT2D eigenvalue weighted by Crippen LogP contribution is -2.53. The zero-order chi connectivity index (χ0) is 52.6. The first-order valence-electron chi connectivity index (χ1n) is 22.2. The highest BCUT2D eigenvalue weighted by Gasteiger charge is 2.40. The molecule has 0 bridgehead atoms. The fraction of sp³-hybridized carbons (Fsp3) is 0.333. The van der Waals surface area contributed by atoms with E-state index in [0.717, 1.165) is 41.2 Å². The molecule has 0 fully saturated rings. The third kappa shape index (κ3) is 18.2. The molecule has 16 heteroatoms. The molecular weight excluding hydrogens is 1090 g/mol. The molecule has 0 aliphatic carbocycles. The number of benzene rings is 5. The van der Waals surface area contributed by atoms with Gasteiger partial charge in [0.2, 0.25) is 11.8 Å². The molecule has 3 amide bonds. The second kappa shape index (κ2) is 25.9. The van der Waals surface area contributed by atoms with Crippen molar-refractivity contribution in [2.45, 2.75) is 115 Å². The minimum Gasteiger partial charge on any atom is -0.480 e. The zero-order valence-corrected chi connectivity index (χ0v) is 45.4. The topological polar surface area (TPSA) is 208 Å². The van der Waals surface area contributed by atoms with Crippen LogP contribution in [0.2, 0.25) is 0 Å². The second-order valence-corrected chi connectivity index (χ2v) is 21.9. The number of alkyl carbamates (subject to hydrolysis) is 1. The van der Waals surface area contributed by atoms with E-state index < -0.39 is 64.0 Å². The van der Waals surface area contributed by atoms with E-state index in [1.54, 1.807) is 34.6 Å². The van der Waals surface area contributed by atoms with E-state index in [0.29, 0.717) is 0 Å². The summed E-state index contributed by atoms with van der Waals surface area (Å²) in [4.78, 5) is 71.6. The minimum absolute atomic E-state index is 0.154. The number of nitrogens with one attached hydrogen (secondary N) is 3. The fourth-order valence-electron chi connectivity index (χ4n) is 7.20. The molecule has 0 saturated heterocycles. The predicted octanol–water partition coefficient (Wildman–Crippen LogP) is 10.8. The average Bonchev–Trinajstić information content (AvgIpc) is 3.27. The van der Waals surface area contributed by atoms with E-state index in [4.69, 9.17) is 4.74 Å². The first-order valence-corrected chi connectivity index (χ1v) is 24.5. The molecule has 6 N–H and O–H groups in total. The molecule has 0 radical (unpaired) electrons. The van der Waals surface area contributed by atoms with Gasteiger partial charge in [-0.3, -0.25) is 9.59 Å². The summed E-state index contributed by atoms with van der Waals surface area (Å²) in [7, 11) is 0. The number of rotatable bonds is 16. The molecule has 5 rings (SSSR count). The lowest BCUT2D eigenvalue weighted by atomic mass is 9.77. The number of amides is 3. The van der Waals surface area contributed by atoms with E-state index in [1.807, 2.05) is 161 Å². The molecule has 5 aromatic carbocycles. The molecule has 0 heterocycles. The summed E-state index contributed by atoms with van der Waals surface area (Å²) in [5.74, 6) is -3.83. The Labute approximate surface area is 435 Å². The molecule has 5 aromatic rings. The van der Waals surface area contributed by atoms with Crippen LogP contribution < -0.4 is 16.0 Å². The molecule has 13 nitrogen and oxygen atoms in total. The molecule has 0 aromatic heterocycles. The first kappa shape index (κ1) is 58.5. The van der Waals surface area contributed by atoms with Gasteiger partial charge in [0.05, 0.1) is 12.8 Å². The van der Waals surface area contributed by atoms with E-state index in [-0.39, 0.29) is 24.7 Å². The lowest BCUT2D eigenvalue weighted by molar-refractivity contribution is -0.144. The smallest absolute Gasteiger partial charge is 0.408 e. The SMILES string of the molecule is CC(C)(C)OC(=O)N[C@@H](C(=O)O)C(C)(C)c1ccc(Br)cc1.CC(C)(c1ccc(Br)cc1)C(NC(=O)Cc1ccccc1)C(=O)O.CC(C)(c1ccc(Br)cc1)[C@@H](NC(=O)Cc1ccccc1)C(=O)O. The van der Waals surface area contributed by atoms with Crippen LogP contribution in [-0.4, -0.2) is 74.9 Å². The zero-order valence-electron chi connectivity index (χ0n) is 40.7. The van der Waals surface area contributed by atoms with Crippen molar-refractivity contribution in [3.8, 4) is 0 Å². The summed E-state index contributed by atoms with van der Waals surface area (Å²) in [6.45, 7) is 16.0. The number of carboxylic acid groups (broad SMARTS) is 3. The van der Waals surface area contributed by atoms with Crippen LogP contribution in [0.15, 0.2) is 147 Å². The molecule has 374 valence electrons. The number of halogens is 3. The number of carbonyl (C=O) groups excluding carboxylic acids is 3. The van der Waals surface area contributed by atoms with Crippen LogP contribution in [0.5, 0.6) is 0 Å². The Balaban J connectivity index is 0.000000278. The van der Waals surface area contributed by atoms with Gasteiger partial charge in [0.15, 0.2) is 0 Å². The van der Waals surface area contributed by atoms with E-state index in [1.165, 1.54) is 0 Å². The van der Waals surface area contributed by atoms with Crippen molar-refractivity contribution in [1.82, 2.24) is 16.0 Å². The number of hydrogen-bond donors (Lipinski definition) is 6. The summed E-state index contributed by atoms with van der Waals surface area (Å²) in [5, 5.41) is 36.5. The normalized spacial score (nSPS) is 12.7. The van der Waals surface area contributed by atoms with Crippen LogP contribution in [0.25, 0.3) is 0 Å². The maximum atomic E-state index is 12.3. The Morgan fingerprint density at radius 2 is 0.686 bits per heavy atom. The number of hydrogen-bond acceptors (Lipinski definition) is 7. The summed E-state index contributed by atoms with van der Waals surface area (Å²) >= 11 is 10.1. The molecule has 3 atom stereocenters.